The van der Waals surface area contributed by atoms with Crippen LogP contribution in [0.5, 0.6) is 0 Å². The highest BCUT2D eigenvalue weighted by atomic mass is 35.5. The maximum absolute atomic E-state index is 12.8. The van der Waals surface area contributed by atoms with E-state index in [1.807, 2.05) is 11.8 Å². The average Bonchev–Trinajstić information content (AvgIpc) is 2.90. The number of carbonyl (C=O) groups excluding carboxylic acids is 1. The number of nitrogens with zero attached hydrogens (tertiary/aromatic N) is 2. The van der Waals surface area contributed by atoms with Gasteiger partial charge in [-0.05, 0) is 31.5 Å². The molecule has 1 aliphatic heterocycles. The smallest absolute Gasteiger partial charge is 0.272 e. The van der Waals surface area contributed by atoms with E-state index in [1.54, 1.807) is 0 Å². The van der Waals surface area contributed by atoms with E-state index in [1.165, 1.54) is 12.1 Å². The molecule has 19 heavy (non-hydrogen) atoms. The van der Waals surface area contributed by atoms with Crippen molar-refractivity contribution < 1.29 is 9.18 Å². The van der Waals surface area contributed by atoms with E-state index >= 15 is 0 Å². The summed E-state index contributed by atoms with van der Waals surface area (Å²) in [6.07, 6.45) is 2.96. The van der Waals surface area contributed by atoms with Crippen molar-refractivity contribution in [3.8, 4) is 0 Å². The zero-order valence-electron chi connectivity index (χ0n) is 10.9. The highest BCUT2D eigenvalue weighted by Crippen LogP contribution is 2.13. The number of pyridine rings is 1. The van der Waals surface area contributed by atoms with Crippen molar-refractivity contribution in [1.82, 2.24) is 15.2 Å². The Morgan fingerprint density at radius 3 is 2.89 bits per heavy atom. The van der Waals surface area contributed by atoms with Crippen LogP contribution in [0.25, 0.3) is 0 Å². The summed E-state index contributed by atoms with van der Waals surface area (Å²) in [5.41, 5.74) is 0.316. The Kier molecular flexibility index (Phi) is 6.18. The van der Waals surface area contributed by atoms with Crippen molar-refractivity contribution in [3.05, 3.63) is 29.8 Å². The van der Waals surface area contributed by atoms with Crippen LogP contribution in [0.4, 0.5) is 4.39 Å². The van der Waals surface area contributed by atoms with Gasteiger partial charge in [0.1, 0.15) is 11.5 Å². The number of aromatic nitrogens is 1. The standard InChI is InChI=1S/C13H18FN3O.ClH/c1-2-7-17(11-5-6-15-9-11)13(18)12-4-3-10(14)8-16-12;/h3-4,8,11,15H,2,5-7,9H2,1H3;1H. The Bertz CT molecular complexity index is 407. The van der Waals surface area contributed by atoms with E-state index in [0.29, 0.717) is 12.2 Å². The fraction of sp³-hybridized carbons (Fsp3) is 0.538. The van der Waals surface area contributed by atoms with Crippen LogP contribution < -0.4 is 5.32 Å². The highest BCUT2D eigenvalue weighted by Gasteiger charge is 2.27. The molecule has 1 atom stereocenters. The van der Waals surface area contributed by atoms with E-state index < -0.39 is 5.82 Å². The Hall–Kier alpha value is -1.20. The monoisotopic (exact) mass is 287 g/mol. The molecule has 106 valence electrons. The van der Waals surface area contributed by atoms with E-state index in [4.69, 9.17) is 0 Å². The summed E-state index contributed by atoms with van der Waals surface area (Å²) in [5, 5.41) is 3.25. The molecule has 0 aromatic carbocycles. The lowest BCUT2D eigenvalue weighted by Gasteiger charge is -2.27. The number of halogens is 2. The number of hydrogen-bond donors (Lipinski definition) is 1. The molecule has 6 heteroatoms. The first-order valence-corrected chi connectivity index (χ1v) is 6.35. The summed E-state index contributed by atoms with van der Waals surface area (Å²) in [4.78, 5) is 18.1. The molecule has 0 saturated carbocycles. The van der Waals surface area contributed by atoms with Gasteiger partial charge >= 0.3 is 0 Å². The van der Waals surface area contributed by atoms with E-state index in [0.717, 1.165) is 32.1 Å². The molecule has 1 saturated heterocycles. The molecule has 1 amide bonds. The van der Waals surface area contributed by atoms with Crippen LogP contribution in [0.3, 0.4) is 0 Å². The van der Waals surface area contributed by atoms with Crippen LogP contribution in [0.15, 0.2) is 18.3 Å². The molecule has 1 unspecified atom stereocenters. The first-order chi connectivity index (χ1) is 8.72. The fourth-order valence-corrected chi connectivity index (χ4v) is 2.25. The molecule has 1 fully saturated rings. The summed E-state index contributed by atoms with van der Waals surface area (Å²) in [6.45, 7) is 4.52. The molecule has 2 rings (SSSR count). The molecule has 4 nitrogen and oxygen atoms in total. The number of rotatable bonds is 4. The molecule has 0 radical (unpaired) electrons. The van der Waals surface area contributed by atoms with Gasteiger partial charge in [0.2, 0.25) is 0 Å². The average molecular weight is 288 g/mol. The van der Waals surface area contributed by atoms with Crippen molar-refractivity contribution in [2.45, 2.75) is 25.8 Å². The predicted molar refractivity (Wildman–Crippen MR) is 74.0 cm³/mol. The highest BCUT2D eigenvalue weighted by molar-refractivity contribution is 5.92. The third-order valence-electron chi connectivity index (χ3n) is 3.15. The topological polar surface area (TPSA) is 45.2 Å². The second kappa shape index (κ2) is 7.40. The quantitative estimate of drug-likeness (QED) is 0.919. The second-order valence-corrected chi connectivity index (χ2v) is 4.51. The molecule has 0 bridgehead atoms. The minimum absolute atomic E-state index is 0. The Morgan fingerprint density at radius 1 is 1.58 bits per heavy atom. The van der Waals surface area contributed by atoms with Crippen molar-refractivity contribution >= 4 is 18.3 Å². The van der Waals surface area contributed by atoms with Gasteiger partial charge in [0.25, 0.3) is 5.91 Å². The minimum atomic E-state index is -0.420. The maximum Gasteiger partial charge on any atom is 0.272 e. The van der Waals surface area contributed by atoms with Crippen LogP contribution >= 0.6 is 12.4 Å². The van der Waals surface area contributed by atoms with Gasteiger partial charge in [0, 0.05) is 19.1 Å². The fourth-order valence-electron chi connectivity index (χ4n) is 2.25. The predicted octanol–water partition coefficient (Wildman–Crippen LogP) is 1.86. The second-order valence-electron chi connectivity index (χ2n) is 4.51. The van der Waals surface area contributed by atoms with Crippen molar-refractivity contribution in [3.63, 3.8) is 0 Å². The molecule has 1 aromatic heterocycles. The summed E-state index contributed by atoms with van der Waals surface area (Å²) in [6, 6.07) is 2.95. The van der Waals surface area contributed by atoms with Crippen molar-refractivity contribution in [2.24, 2.45) is 0 Å². The lowest BCUT2D eigenvalue weighted by atomic mass is 10.2. The molecule has 0 spiro atoms. The number of hydrogen-bond acceptors (Lipinski definition) is 3. The summed E-state index contributed by atoms with van der Waals surface area (Å²) < 4.78 is 12.8. The van der Waals surface area contributed by atoms with Gasteiger partial charge < -0.3 is 10.2 Å². The molecule has 1 aromatic rings. The zero-order valence-corrected chi connectivity index (χ0v) is 11.8. The third kappa shape index (κ3) is 3.88. The van der Waals surface area contributed by atoms with Crippen molar-refractivity contribution in [2.75, 3.05) is 19.6 Å². The molecular weight excluding hydrogens is 269 g/mol. The zero-order chi connectivity index (χ0) is 13.0. The van der Waals surface area contributed by atoms with E-state index in [2.05, 4.69) is 10.3 Å². The van der Waals surface area contributed by atoms with Crippen LogP contribution in [0.2, 0.25) is 0 Å². The molecule has 0 aliphatic carbocycles. The van der Waals surface area contributed by atoms with Gasteiger partial charge in [0.05, 0.1) is 6.20 Å². The Balaban J connectivity index is 0.00000180. The van der Waals surface area contributed by atoms with E-state index in [9.17, 15) is 9.18 Å². The Labute approximate surface area is 118 Å². The molecular formula is C13H19ClFN3O. The maximum atomic E-state index is 12.8. The molecule has 1 aliphatic rings. The van der Waals surface area contributed by atoms with Gasteiger partial charge in [-0.15, -0.1) is 12.4 Å². The first-order valence-electron chi connectivity index (χ1n) is 6.35. The number of nitrogens with one attached hydrogen (secondary N) is 1. The van der Waals surface area contributed by atoms with Gasteiger partial charge in [0.15, 0.2) is 0 Å². The van der Waals surface area contributed by atoms with Gasteiger partial charge in [-0.2, -0.15) is 0 Å². The normalized spacial score (nSPS) is 17.9. The van der Waals surface area contributed by atoms with Crippen LogP contribution in [-0.2, 0) is 0 Å². The SMILES string of the molecule is CCCN(C(=O)c1ccc(F)cn1)C1CCNC1.Cl. The summed E-state index contributed by atoms with van der Waals surface area (Å²) in [5.74, 6) is -0.526. The number of carbonyl (C=O) groups is 1. The van der Waals surface area contributed by atoms with Crippen LogP contribution in [-0.4, -0.2) is 41.5 Å². The van der Waals surface area contributed by atoms with Crippen LogP contribution in [0, 0.1) is 5.82 Å². The first kappa shape index (κ1) is 15.9. The minimum Gasteiger partial charge on any atom is -0.333 e. The number of amides is 1. The molecule has 2 heterocycles. The van der Waals surface area contributed by atoms with Crippen molar-refractivity contribution in [1.29, 1.82) is 0 Å². The lowest BCUT2D eigenvalue weighted by molar-refractivity contribution is 0.0686. The third-order valence-corrected chi connectivity index (χ3v) is 3.15. The van der Waals surface area contributed by atoms with Gasteiger partial charge in [-0.3, -0.25) is 4.79 Å². The van der Waals surface area contributed by atoms with Gasteiger partial charge in [-0.25, -0.2) is 9.37 Å². The largest absolute Gasteiger partial charge is 0.333 e. The molecule has 1 N–H and O–H groups in total. The lowest BCUT2D eigenvalue weighted by Crippen LogP contribution is -2.42. The van der Waals surface area contributed by atoms with Crippen LogP contribution in [0.1, 0.15) is 30.3 Å². The van der Waals surface area contributed by atoms with Gasteiger partial charge in [-0.1, -0.05) is 6.92 Å². The van der Waals surface area contributed by atoms with E-state index in [-0.39, 0.29) is 24.4 Å². The Morgan fingerprint density at radius 2 is 2.37 bits per heavy atom. The summed E-state index contributed by atoms with van der Waals surface area (Å²) >= 11 is 0. The summed E-state index contributed by atoms with van der Waals surface area (Å²) in [7, 11) is 0.